The van der Waals surface area contributed by atoms with Crippen LogP contribution in [0.4, 0.5) is 11.4 Å². The second kappa shape index (κ2) is 8.86. The number of allylic oxidation sites excluding steroid dienone is 8. The molecule has 156 valence electrons. The average Bonchev–Trinajstić information content (AvgIpc) is 2.79. The van der Waals surface area contributed by atoms with Crippen molar-refractivity contribution in [2.45, 2.75) is 0 Å². The molecule has 2 aliphatic rings. The number of hydrogen-bond acceptors (Lipinski definition) is 3. The molecule has 1 heterocycles. The highest BCUT2D eigenvalue weighted by atomic mass is 32.2. The molecule has 2 N–H and O–H groups in total. The number of hydrogen-bond donors (Lipinski definition) is 1. The van der Waals surface area contributed by atoms with Crippen LogP contribution in [-0.4, -0.2) is 38.5 Å². The Morgan fingerprint density at radius 2 is 1.39 bits per heavy atom. The summed E-state index contributed by atoms with van der Waals surface area (Å²) < 4.78 is 2.12. The van der Waals surface area contributed by atoms with Crippen LogP contribution in [0.3, 0.4) is 0 Å². The van der Waals surface area contributed by atoms with Gasteiger partial charge in [0.25, 0.3) is 0 Å². The maximum absolute atomic E-state index is 5.92. The van der Waals surface area contributed by atoms with Gasteiger partial charge in [-0.05, 0) is 70.8 Å². The smallest absolute Gasteiger partial charge is 0.199 e. The fourth-order valence-electron chi connectivity index (χ4n) is 3.48. The summed E-state index contributed by atoms with van der Waals surface area (Å²) in [6.45, 7) is 0. The SMILES string of the molecule is CN(C)c1ccc(C2=CC(=C3C=CC(=[N+](C)C)C=C3)SC(c3ccc(N)cc3)=C2)cc1. The number of nitrogens with zero attached hydrogens (tertiary/aromatic N) is 2. The first-order valence-electron chi connectivity index (χ1n) is 10.3. The summed E-state index contributed by atoms with van der Waals surface area (Å²) in [5.74, 6) is 0. The molecule has 1 aliphatic carbocycles. The van der Waals surface area contributed by atoms with E-state index in [0.717, 1.165) is 5.69 Å². The fraction of sp³-hybridized carbons (Fsp3) is 0.148. The van der Waals surface area contributed by atoms with Gasteiger partial charge < -0.3 is 10.6 Å². The van der Waals surface area contributed by atoms with E-state index in [9.17, 15) is 0 Å². The van der Waals surface area contributed by atoms with Crippen LogP contribution in [0, 0.1) is 0 Å². The number of rotatable bonds is 3. The van der Waals surface area contributed by atoms with Gasteiger partial charge in [-0.3, -0.25) is 0 Å². The summed E-state index contributed by atoms with van der Waals surface area (Å²) in [4.78, 5) is 4.58. The van der Waals surface area contributed by atoms with E-state index in [1.54, 1.807) is 11.8 Å². The van der Waals surface area contributed by atoms with Crippen LogP contribution in [0.1, 0.15) is 11.1 Å². The molecule has 0 spiro atoms. The maximum Gasteiger partial charge on any atom is 0.199 e. The second-order valence-electron chi connectivity index (χ2n) is 8.08. The third kappa shape index (κ3) is 4.75. The first-order chi connectivity index (χ1) is 14.9. The summed E-state index contributed by atoms with van der Waals surface area (Å²) in [6.07, 6.45) is 13.3. The summed E-state index contributed by atoms with van der Waals surface area (Å²) >= 11 is 1.80. The van der Waals surface area contributed by atoms with E-state index in [-0.39, 0.29) is 0 Å². The first kappa shape index (κ1) is 21.0. The number of nitrogens with two attached hydrogens (primary N) is 1. The van der Waals surface area contributed by atoms with E-state index in [4.69, 9.17) is 5.73 Å². The summed E-state index contributed by atoms with van der Waals surface area (Å²) in [6, 6.07) is 16.8. The number of thioether (sulfide) groups is 1. The molecular weight excluding hydrogens is 398 g/mol. The first-order valence-corrected chi connectivity index (χ1v) is 11.1. The monoisotopic (exact) mass is 426 g/mol. The van der Waals surface area contributed by atoms with Gasteiger partial charge in [-0.1, -0.05) is 36.0 Å². The van der Waals surface area contributed by atoms with Crippen molar-refractivity contribution in [2.24, 2.45) is 0 Å². The zero-order valence-corrected chi connectivity index (χ0v) is 19.3. The molecule has 4 rings (SSSR count). The third-order valence-corrected chi connectivity index (χ3v) is 6.52. The lowest BCUT2D eigenvalue weighted by Crippen LogP contribution is -2.10. The van der Waals surface area contributed by atoms with Crippen LogP contribution in [0.15, 0.2) is 95.5 Å². The molecule has 4 heteroatoms. The normalized spacial score (nSPS) is 15.7. The van der Waals surface area contributed by atoms with Crippen molar-refractivity contribution >= 4 is 39.3 Å². The molecule has 3 nitrogen and oxygen atoms in total. The molecule has 2 aromatic rings. The molecule has 0 bridgehead atoms. The van der Waals surface area contributed by atoms with Crippen LogP contribution < -0.4 is 10.6 Å². The number of benzene rings is 2. The standard InChI is InChI=1S/C27H27N3S/c1-29(2)24-13-7-19(8-14-24)22-17-26(20-5-11-23(28)12-6-20)31-27(18-22)21-9-15-25(16-10-21)30(3)4/h5-18,28H,1-4H3/p+1. The highest BCUT2D eigenvalue weighted by molar-refractivity contribution is 8.12. The number of nitrogen functional groups attached to an aromatic ring is 1. The lowest BCUT2D eigenvalue weighted by atomic mass is 10.0. The van der Waals surface area contributed by atoms with Gasteiger partial charge >= 0.3 is 0 Å². The average molecular weight is 427 g/mol. The lowest BCUT2D eigenvalue weighted by Gasteiger charge is -2.19. The van der Waals surface area contributed by atoms with Gasteiger partial charge in [0.05, 0.1) is 0 Å². The van der Waals surface area contributed by atoms with E-state index in [1.807, 2.05) is 12.1 Å². The molecule has 0 amide bonds. The van der Waals surface area contributed by atoms with Crippen LogP contribution in [0.2, 0.25) is 0 Å². The van der Waals surface area contributed by atoms with E-state index >= 15 is 0 Å². The van der Waals surface area contributed by atoms with Crippen molar-refractivity contribution in [1.29, 1.82) is 0 Å². The molecule has 0 saturated heterocycles. The second-order valence-corrected chi connectivity index (χ2v) is 9.16. The van der Waals surface area contributed by atoms with Crippen LogP contribution in [0.25, 0.3) is 10.5 Å². The molecule has 0 unspecified atom stereocenters. The molecule has 0 saturated carbocycles. The van der Waals surface area contributed by atoms with Gasteiger partial charge in [0.1, 0.15) is 14.1 Å². The Morgan fingerprint density at radius 3 is 1.97 bits per heavy atom. The van der Waals surface area contributed by atoms with Gasteiger partial charge in [0, 0.05) is 47.4 Å². The minimum atomic E-state index is 0.781. The van der Waals surface area contributed by atoms with Gasteiger partial charge in [-0.25, -0.2) is 4.58 Å². The fourth-order valence-corrected chi connectivity index (χ4v) is 4.59. The Hall–Kier alpha value is -3.24. The van der Waals surface area contributed by atoms with Crippen molar-refractivity contribution < 1.29 is 4.58 Å². The Labute approximate surface area is 189 Å². The predicted octanol–water partition coefficient (Wildman–Crippen LogP) is 5.60. The van der Waals surface area contributed by atoms with Gasteiger partial charge in [-0.2, -0.15) is 0 Å². The van der Waals surface area contributed by atoms with Crippen molar-refractivity contribution in [3.8, 4) is 0 Å². The van der Waals surface area contributed by atoms with Crippen molar-refractivity contribution in [2.75, 3.05) is 38.8 Å². The highest BCUT2D eigenvalue weighted by Gasteiger charge is 2.17. The molecule has 0 fully saturated rings. The molecule has 1 aliphatic heterocycles. The van der Waals surface area contributed by atoms with E-state index in [2.05, 4.69) is 111 Å². The topological polar surface area (TPSA) is 32.3 Å². The Kier molecular flexibility index (Phi) is 6.01. The predicted molar refractivity (Wildman–Crippen MR) is 138 cm³/mol. The van der Waals surface area contributed by atoms with E-state index < -0.39 is 0 Å². The third-order valence-electron chi connectivity index (χ3n) is 5.37. The highest BCUT2D eigenvalue weighted by Crippen LogP contribution is 2.44. The van der Waals surface area contributed by atoms with Crippen LogP contribution >= 0.6 is 11.8 Å². The zero-order chi connectivity index (χ0) is 22.0. The lowest BCUT2D eigenvalue weighted by molar-refractivity contribution is -0.462. The van der Waals surface area contributed by atoms with E-state index in [1.165, 1.54) is 43.5 Å². The van der Waals surface area contributed by atoms with E-state index in [0.29, 0.717) is 0 Å². The quantitative estimate of drug-likeness (QED) is 0.512. The number of anilines is 2. The van der Waals surface area contributed by atoms with Gasteiger partial charge in [0.2, 0.25) is 0 Å². The summed E-state index contributed by atoms with van der Waals surface area (Å²) in [7, 11) is 8.26. The van der Waals surface area contributed by atoms with Crippen LogP contribution in [-0.2, 0) is 0 Å². The van der Waals surface area contributed by atoms with Gasteiger partial charge in [0.15, 0.2) is 5.71 Å². The zero-order valence-electron chi connectivity index (χ0n) is 18.5. The molecule has 31 heavy (non-hydrogen) atoms. The minimum absolute atomic E-state index is 0.781. The Morgan fingerprint density at radius 1 is 0.774 bits per heavy atom. The molecule has 0 aromatic heterocycles. The van der Waals surface area contributed by atoms with Crippen molar-refractivity contribution in [3.63, 3.8) is 0 Å². The maximum atomic E-state index is 5.92. The van der Waals surface area contributed by atoms with Crippen molar-refractivity contribution in [1.82, 2.24) is 0 Å². The Bertz CT molecular complexity index is 1150. The minimum Gasteiger partial charge on any atom is -0.399 e. The molecule has 0 atom stereocenters. The Balaban J connectivity index is 1.78. The van der Waals surface area contributed by atoms with Crippen LogP contribution in [0.5, 0.6) is 0 Å². The largest absolute Gasteiger partial charge is 0.399 e. The summed E-state index contributed by atoms with van der Waals surface area (Å²) in [5.41, 5.74) is 13.9. The van der Waals surface area contributed by atoms with Gasteiger partial charge in [-0.15, -0.1) is 0 Å². The van der Waals surface area contributed by atoms with Crippen molar-refractivity contribution in [3.05, 3.63) is 107 Å². The molecular formula is C27H28N3S+. The summed E-state index contributed by atoms with van der Waals surface area (Å²) in [5, 5.41) is 0. The molecule has 0 radical (unpaired) electrons. The molecule has 2 aromatic carbocycles.